The second-order valence-electron chi connectivity index (χ2n) is 6.54. The molecule has 1 aliphatic rings. The van der Waals surface area contributed by atoms with Crippen LogP contribution in [0.2, 0.25) is 0 Å². The summed E-state index contributed by atoms with van der Waals surface area (Å²) in [5, 5.41) is 3.36. The number of nitrogens with zero attached hydrogens (tertiary/aromatic N) is 1. The van der Waals surface area contributed by atoms with Crippen molar-refractivity contribution in [1.29, 1.82) is 0 Å². The van der Waals surface area contributed by atoms with Gasteiger partial charge in [-0.05, 0) is 46.7 Å². The monoisotopic (exact) mass is 270 g/mol. The molecular weight excluding hydrogens is 240 g/mol. The Kier molecular flexibility index (Phi) is 6.80. The van der Waals surface area contributed by atoms with Gasteiger partial charge in [-0.3, -0.25) is 4.79 Å². The van der Waals surface area contributed by atoms with E-state index in [0.29, 0.717) is 6.54 Å². The van der Waals surface area contributed by atoms with Crippen LogP contribution >= 0.6 is 0 Å². The first-order chi connectivity index (χ1) is 8.88. The van der Waals surface area contributed by atoms with Crippen molar-refractivity contribution in [2.24, 2.45) is 5.92 Å². The van der Waals surface area contributed by atoms with Gasteiger partial charge in [-0.2, -0.15) is 0 Å². The minimum Gasteiger partial charge on any atom is -0.460 e. The van der Waals surface area contributed by atoms with E-state index < -0.39 is 0 Å². The molecule has 1 N–H and O–H groups in total. The number of carbonyl (C=O) groups excluding carboxylic acids is 1. The molecular formula is C15H30N2O2. The highest BCUT2D eigenvalue weighted by molar-refractivity contribution is 5.72. The van der Waals surface area contributed by atoms with Crippen molar-refractivity contribution >= 4 is 5.97 Å². The Balaban J connectivity index is 2.09. The number of hydrogen-bond donors (Lipinski definition) is 1. The van der Waals surface area contributed by atoms with Crippen LogP contribution in [0.15, 0.2) is 0 Å². The summed E-state index contributed by atoms with van der Waals surface area (Å²) in [5.74, 6) is -0.196. The molecule has 4 heteroatoms. The Hall–Kier alpha value is -0.610. The summed E-state index contributed by atoms with van der Waals surface area (Å²) in [4.78, 5) is 14.3. The smallest absolute Gasteiger partial charge is 0.310 e. The Morgan fingerprint density at radius 2 is 1.89 bits per heavy atom. The quantitative estimate of drug-likeness (QED) is 0.592. The summed E-state index contributed by atoms with van der Waals surface area (Å²) in [7, 11) is 0. The molecule has 0 aromatic heterocycles. The standard InChI is InChI=1S/C15H30N2O2/c1-13(14(18)19-15(2,3)4)12-16-8-11-17-9-6-5-7-10-17/h13,16H,5-12H2,1-4H3/t13-/m0/s1. The molecule has 1 fully saturated rings. The molecule has 0 spiro atoms. The second kappa shape index (κ2) is 7.85. The van der Waals surface area contributed by atoms with Crippen molar-refractivity contribution in [3.8, 4) is 0 Å². The first kappa shape index (κ1) is 16.4. The Bertz CT molecular complexity index is 268. The molecule has 0 amide bonds. The Morgan fingerprint density at radius 1 is 1.26 bits per heavy atom. The summed E-state index contributed by atoms with van der Waals surface area (Å²) in [5.41, 5.74) is -0.390. The Morgan fingerprint density at radius 3 is 2.47 bits per heavy atom. The molecule has 1 rings (SSSR count). The number of likely N-dealkylation sites (tertiary alicyclic amines) is 1. The van der Waals surface area contributed by atoms with E-state index in [9.17, 15) is 4.79 Å². The van der Waals surface area contributed by atoms with Crippen molar-refractivity contribution in [2.45, 2.75) is 52.6 Å². The predicted octanol–water partition coefficient (Wildman–Crippen LogP) is 2.04. The first-order valence-corrected chi connectivity index (χ1v) is 7.54. The van der Waals surface area contributed by atoms with E-state index in [0.717, 1.165) is 13.1 Å². The fourth-order valence-corrected chi connectivity index (χ4v) is 2.22. The SMILES string of the molecule is C[C@@H](CNCCN1CCCCC1)C(=O)OC(C)(C)C. The Labute approximate surface area is 117 Å². The molecule has 0 unspecified atom stereocenters. The third kappa shape index (κ3) is 7.53. The average molecular weight is 270 g/mol. The van der Waals surface area contributed by atoms with Crippen LogP contribution in [-0.4, -0.2) is 49.2 Å². The number of nitrogens with one attached hydrogen (secondary N) is 1. The summed E-state index contributed by atoms with van der Waals surface area (Å²) in [6.07, 6.45) is 4.03. The summed E-state index contributed by atoms with van der Waals surface area (Å²) in [6, 6.07) is 0. The topological polar surface area (TPSA) is 41.6 Å². The minimum atomic E-state index is -0.390. The molecule has 0 bridgehead atoms. The lowest BCUT2D eigenvalue weighted by molar-refractivity contribution is -0.159. The molecule has 1 heterocycles. The van der Waals surface area contributed by atoms with Crippen molar-refractivity contribution in [1.82, 2.24) is 10.2 Å². The van der Waals surface area contributed by atoms with Gasteiger partial charge >= 0.3 is 5.97 Å². The number of ether oxygens (including phenoxy) is 1. The normalized spacial score (nSPS) is 19.2. The van der Waals surface area contributed by atoms with Crippen molar-refractivity contribution in [3.63, 3.8) is 0 Å². The first-order valence-electron chi connectivity index (χ1n) is 7.54. The van der Waals surface area contributed by atoms with Crippen molar-refractivity contribution < 1.29 is 9.53 Å². The highest BCUT2D eigenvalue weighted by Crippen LogP contribution is 2.11. The summed E-state index contributed by atoms with van der Waals surface area (Å²) < 4.78 is 5.36. The van der Waals surface area contributed by atoms with Gasteiger partial charge in [-0.15, -0.1) is 0 Å². The number of esters is 1. The molecule has 112 valence electrons. The van der Waals surface area contributed by atoms with E-state index in [1.165, 1.54) is 32.4 Å². The third-order valence-electron chi connectivity index (χ3n) is 3.31. The van der Waals surface area contributed by atoms with E-state index in [4.69, 9.17) is 4.74 Å². The van der Waals surface area contributed by atoms with Gasteiger partial charge < -0.3 is 15.0 Å². The lowest BCUT2D eigenvalue weighted by Gasteiger charge is -2.26. The molecule has 1 atom stereocenters. The molecule has 0 aliphatic carbocycles. The van der Waals surface area contributed by atoms with Crippen LogP contribution in [0.25, 0.3) is 0 Å². The van der Waals surface area contributed by atoms with Gasteiger partial charge in [0.1, 0.15) is 5.60 Å². The highest BCUT2D eigenvalue weighted by atomic mass is 16.6. The van der Waals surface area contributed by atoms with Crippen LogP contribution in [0, 0.1) is 5.92 Å². The van der Waals surface area contributed by atoms with E-state index >= 15 is 0 Å². The zero-order chi connectivity index (χ0) is 14.3. The average Bonchev–Trinajstić information content (AvgIpc) is 2.33. The van der Waals surface area contributed by atoms with E-state index in [2.05, 4.69) is 10.2 Å². The van der Waals surface area contributed by atoms with Gasteiger partial charge in [0.25, 0.3) is 0 Å². The van der Waals surface area contributed by atoms with Crippen LogP contribution in [0.1, 0.15) is 47.0 Å². The number of carbonyl (C=O) groups is 1. The van der Waals surface area contributed by atoms with Crippen molar-refractivity contribution in [3.05, 3.63) is 0 Å². The molecule has 0 aromatic rings. The lowest BCUT2D eigenvalue weighted by atomic mass is 10.1. The van der Waals surface area contributed by atoms with Gasteiger partial charge in [0, 0.05) is 19.6 Å². The maximum atomic E-state index is 11.8. The van der Waals surface area contributed by atoms with Crippen LogP contribution in [0.4, 0.5) is 0 Å². The van der Waals surface area contributed by atoms with Crippen LogP contribution in [-0.2, 0) is 9.53 Å². The maximum absolute atomic E-state index is 11.8. The number of hydrogen-bond acceptors (Lipinski definition) is 4. The van der Waals surface area contributed by atoms with Gasteiger partial charge in [0.2, 0.25) is 0 Å². The fraction of sp³-hybridized carbons (Fsp3) is 0.933. The maximum Gasteiger partial charge on any atom is 0.310 e. The van der Waals surface area contributed by atoms with E-state index in [1.807, 2.05) is 27.7 Å². The van der Waals surface area contributed by atoms with Crippen molar-refractivity contribution in [2.75, 3.05) is 32.7 Å². The van der Waals surface area contributed by atoms with Gasteiger partial charge in [0.05, 0.1) is 5.92 Å². The van der Waals surface area contributed by atoms with E-state index in [1.54, 1.807) is 0 Å². The number of rotatable bonds is 6. The summed E-state index contributed by atoms with van der Waals surface area (Å²) >= 11 is 0. The van der Waals surface area contributed by atoms with Crippen LogP contribution in [0.5, 0.6) is 0 Å². The van der Waals surface area contributed by atoms with Gasteiger partial charge in [-0.1, -0.05) is 13.3 Å². The summed E-state index contributed by atoms with van der Waals surface area (Å²) in [6.45, 7) is 12.8. The second-order valence-corrected chi connectivity index (χ2v) is 6.54. The molecule has 0 aromatic carbocycles. The van der Waals surface area contributed by atoms with Crippen LogP contribution in [0.3, 0.4) is 0 Å². The molecule has 1 aliphatic heterocycles. The van der Waals surface area contributed by atoms with E-state index in [-0.39, 0.29) is 17.5 Å². The molecule has 19 heavy (non-hydrogen) atoms. The largest absolute Gasteiger partial charge is 0.460 e. The molecule has 0 saturated carbocycles. The highest BCUT2D eigenvalue weighted by Gasteiger charge is 2.21. The fourth-order valence-electron chi connectivity index (χ4n) is 2.22. The zero-order valence-corrected chi connectivity index (χ0v) is 13.0. The van der Waals surface area contributed by atoms with Crippen LogP contribution < -0.4 is 5.32 Å². The third-order valence-corrected chi connectivity index (χ3v) is 3.31. The molecule has 1 saturated heterocycles. The lowest BCUT2D eigenvalue weighted by Crippen LogP contribution is -2.38. The molecule has 0 radical (unpaired) electrons. The number of piperidine rings is 1. The predicted molar refractivity (Wildman–Crippen MR) is 78.2 cm³/mol. The van der Waals surface area contributed by atoms with Gasteiger partial charge in [0.15, 0.2) is 0 Å². The zero-order valence-electron chi connectivity index (χ0n) is 13.0. The molecule has 4 nitrogen and oxygen atoms in total. The minimum absolute atomic E-state index is 0.0828. The van der Waals surface area contributed by atoms with Gasteiger partial charge in [-0.25, -0.2) is 0 Å².